The molecule has 1 unspecified atom stereocenters. The largest absolute Gasteiger partial charge is 0.335 e. The monoisotopic (exact) mass is 431 g/mol. The van der Waals surface area contributed by atoms with Gasteiger partial charge < -0.3 is 10.2 Å². The summed E-state index contributed by atoms with van der Waals surface area (Å²) in [6, 6.07) is 8.42. The molecule has 2 aromatic rings. The predicted octanol–water partition coefficient (Wildman–Crippen LogP) is 5.44. The SMILES string of the molecule is O=C(Nc1ccc(C(=O)N2CCC[C@H]3CCCCC32)cn1)c1ccc(Cl)cc1Cl. The van der Waals surface area contributed by atoms with Crippen LogP contribution in [-0.2, 0) is 0 Å². The molecule has 2 fully saturated rings. The van der Waals surface area contributed by atoms with Gasteiger partial charge in [-0.05, 0) is 61.9 Å². The zero-order valence-electron chi connectivity index (χ0n) is 16.0. The van der Waals surface area contributed by atoms with E-state index < -0.39 is 0 Å². The van der Waals surface area contributed by atoms with Gasteiger partial charge in [0.15, 0.2) is 0 Å². The van der Waals surface area contributed by atoms with E-state index in [1.807, 2.05) is 4.90 Å². The molecule has 4 rings (SSSR count). The number of benzene rings is 1. The number of fused-ring (bicyclic) bond motifs is 1. The van der Waals surface area contributed by atoms with Gasteiger partial charge in [0, 0.05) is 23.8 Å². The van der Waals surface area contributed by atoms with Gasteiger partial charge in [0.1, 0.15) is 5.82 Å². The van der Waals surface area contributed by atoms with Crippen LogP contribution in [0.4, 0.5) is 5.82 Å². The molecule has 0 spiro atoms. The fourth-order valence-electron chi connectivity index (χ4n) is 4.49. The number of carbonyl (C=O) groups is 2. The quantitative estimate of drug-likeness (QED) is 0.703. The summed E-state index contributed by atoms with van der Waals surface area (Å²) in [7, 11) is 0. The van der Waals surface area contributed by atoms with E-state index in [0.29, 0.717) is 33.9 Å². The minimum atomic E-state index is -0.376. The number of nitrogens with one attached hydrogen (secondary N) is 1. The highest BCUT2D eigenvalue weighted by Crippen LogP contribution is 2.36. The van der Waals surface area contributed by atoms with Gasteiger partial charge in [-0.3, -0.25) is 9.59 Å². The molecule has 1 aromatic heterocycles. The molecule has 2 aliphatic rings. The fraction of sp³-hybridized carbons (Fsp3) is 0.409. The van der Waals surface area contributed by atoms with Crippen molar-refractivity contribution in [2.45, 2.75) is 44.6 Å². The molecule has 2 atom stereocenters. The summed E-state index contributed by atoms with van der Waals surface area (Å²) in [5, 5.41) is 3.44. The highest BCUT2D eigenvalue weighted by molar-refractivity contribution is 6.37. The Hall–Kier alpha value is -2.11. The van der Waals surface area contributed by atoms with Crippen LogP contribution in [0.3, 0.4) is 0 Å². The van der Waals surface area contributed by atoms with Crippen molar-refractivity contribution in [1.29, 1.82) is 0 Å². The number of likely N-dealkylation sites (tertiary alicyclic amines) is 1. The molecular weight excluding hydrogens is 409 g/mol. The summed E-state index contributed by atoms with van der Waals surface area (Å²) in [5.41, 5.74) is 0.869. The lowest BCUT2D eigenvalue weighted by molar-refractivity contribution is 0.0390. The molecule has 152 valence electrons. The number of anilines is 1. The van der Waals surface area contributed by atoms with E-state index in [4.69, 9.17) is 23.2 Å². The Morgan fingerprint density at radius 3 is 2.59 bits per heavy atom. The third-order valence-electron chi connectivity index (χ3n) is 5.93. The first-order valence-electron chi connectivity index (χ1n) is 10.1. The molecule has 1 saturated carbocycles. The molecule has 1 aromatic carbocycles. The van der Waals surface area contributed by atoms with Crippen molar-refractivity contribution in [2.75, 3.05) is 11.9 Å². The van der Waals surface area contributed by atoms with Gasteiger partial charge in [0.2, 0.25) is 0 Å². The Balaban J connectivity index is 1.44. The van der Waals surface area contributed by atoms with E-state index >= 15 is 0 Å². The van der Waals surface area contributed by atoms with Crippen LogP contribution in [0.5, 0.6) is 0 Å². The second-order valence-electron chi connectivity index (χ2n) is 7.76. The standard InChI is InChI=1S/C22H23Cl2N3O2/c23-16-8-9-17(18(24)12-16)21(28)26-20-10-7-15(13-25-20)22(29)27-11-3-5-14-4-1-2-6-19(14)27/h7-10,12-14,19H,1-6,11H2,(H,25,26,28)/t14-,19?/m1/s1. The second-order valence-corrected chi connectivity index (χ2v) is 8.61. The first-order valence-corrected chi connectivity index (χ1v) is 10.8. The van der Waals surface area contributed by atoms with E-state index in [-0.39, 0.29) is 16.8 Å². The Bertz CT molecular complexity index is 915. The lowest BCUT2D eigenvalue weighted by Gasteiger charge is -2.44. The van der Waals surface area contributed by atoms with Crippen LogP contribution in [0.25, 0.3) is 0 Å². The van der Waals surface area contributed by atoms with E-state index in [1.165, 1.54) is 37.9 Å². The first kappa shape index (κ1) is 20.2. The zero-order chi connectivity index (χ0) is 20.4. The van der Waals surface area contributed by atoms with Gasteiger partial charge in [0.05, 0.1) is 16.1 Å². The third kappa shape index (κ3) is 4.41. The smallest absolute Gasteiger partial charge is 0.258 e. The van der Waals surface area contributed by atoms with E-state index in [9.17, 15) is 9.59 Å². The van der Waals surface area contributed by atoms with Crippen molar-refractivity contribution in [3.8, 4) is 0 Å². The number of aromatic nitrogens is 1. The normalized spacial score (nSPS) is 21.4. The van der Waals surface area contributed by atoms with Crippen LogP contribution in [0, 0.1) is 5.92 Å². The molecule has 5 nitrogen and oxygen atoms in total. The second kappa shape index (κ2) is 8.72. The van der Waals surface area contributed by atoms with Crippen LogP contribution in [0.15, 0.2) is 36.5 Å². The Labute approximate surface area is 180 Å². The van der Waals surface area contributed by atoms with Gasteiger partial charge in [-0.15, -0.1) is 0 Å². The van der Waals surface area contributed by atoms with Crippen molar-refractivity contribution in [1.82, 2.24) is 9.88 Å². The summed E-state index contributed by atoms with van der Waals surface area (Å²) in [6.07, 6.45) is 8.62. The van der Waals surface area contributed by atoms with E-state index in [1.54, 1.807) is 24.3 Å². The molecule has 0 radical (unpaired) electrons. The van der Waals surface area contributed by atoms with Gasteiger partial charge >= 0.3 is 0 Å². The van der Waals surface area contributed by atoms with Crippen molar-refractivity contribution >= 4 is 40.8 Å². The molecule has 29 heavy (non-hydrogen) atoms. The highest BCUT2D eigenvalue weighted by Gasteiger charge is 2.36. The lowest BCUT2D eigenvalue weighted by Crippen LogP contribution is -2.49. The summed E-state index contributed by atoms with van der Waals surface area (Å²) < 4.78 is 0. The zero-order valence-corrected chi connectivity index (χ0v) is 17.5. The topological polar surface area (TPSA) is 62.3 Å². The number of pyridine rings is 1. The number of piperidine rings is 1. The van der Waals surface area contributed by atoms with Gasteiger partial charge in [-0.1, -0.05) is 36.0 Å². The fourth-order valence-corrected chi connectivity index (χ4v) is 4.99. The van der Waals surface area contributed by atoms with E-state index in [0.717, 1.165) is 19.4 Å². The number of amides is 2. The van der Waals surface area contributed by atoms with Crippen LogP contribution in [-0.4, -0.2) is 34.3 Å². The molecule has 1 aliphatic carbocycles. The minimum Gasteiger partial charge on any atom is -0.335 e. The number of halogens is 2. The number of hydrogen-bond donors (Lipinski definition) is 1. The Kier molecular flexibility index (Phi) is 6.07. The summed E-state index contributed by atoms with van der Waals surface area (Å²) in [4.78, 5) is 31.8. The first-order chi connectivity index (χ1) is 14.0. The van der Waals surface area contributed by atoms with Crippen molar-refractivity contribution < 1.29 is 9.59 Å². The highest BCUT2D eigenvalue weighted by atomic mass is 35.5. The van der Waals surface area contributed by atoms with Gasteiger partial charge in [-0.25, -0.2) is 4.98 Å². The maximum atomic E-state index is 13.1. The van der Waals surface area contributed by atoms with Crippen molar-refractivity contribution in [2.24, 2.45) is 5.92 Å². The van der Waals surface area contributed by atoms with Gasteiger partial charge in [-0.2, -0.15) is 0 Å². The van der Waals surface area contributed by atoms with Crippen molar-refractivity contribution in [3.63, 3.8) is 0 Å². The maximum absolute atomic E-state index is 13.1. The molecule has 0 bridgehead atoms. The van der Waals surface area contributed by atoms with Crippen LogP contribution >= 0.6 is 23.2 Å². The average molecular weight is 432 g/mol. The summed E-state index contributed by atoms with van der Waals surface area (Å²) in [5.74, 6) is 0.663. The maximum Gasteiger partial charge on any atom is 0.258 e. The molecule has 2 heterocycles. The van der Waals surface area contributed by atoms with Crippen LogP contribution in [0.1, 0.15) is 59.2 Å². The van der Waals surface area contributed by atoms with Crippen LogP contribution < -0.4 is 5.32 Å². The van der Waals surface area contributed by atoms with Crippen molar-refractivity contribution in [3.05, 3.63) is 57.7 Å². The molecular formula is C22H23Cl2N3O2. The molecule has 7 heteroatoms. The molecule has 1 saturated heterocycles. The van der Waals surface area contributed by atoms with Crippen LogP contribution in [0.2, 0.25) is 10.0 Å². The number of nitrogens with zero attached hydrogens (tertiary/aromatic N) is 2. The average Bonchev–Trinajstić information content (AvgIpc) is 2.73. The number of hydrogen-bond acceptors (Lipinski definition) is 3. The third-order valence-corrected chi connectivity index (χ3v) is 6.48. The van der Waals surface area contributed by atoms with E-state index in [2.05, 4.69) is 10.3 Å². The summed E-state index contributed by atoms with van der Waals surface area (Å²) >= 11 is 12.0. The lowest BCUT2D eigenvalue weighted by atomic mass is 9.78. The summed E-state index contributed by atoms with van der Waals surface area (Å²) in [6.45, 7) is 0.813. The van der Waals surface area contributed by atoms with Gasteiger partial charge in [0.25, 0.3) is 11.8 Å². The number of rotatable bonds is 3. The Morgan fingerprint density at radius 1 is 1.03 bits per heavy atom. The molecule has 1 N–H and O–H groups in total. The minimum absolute atomic E-state index is 0.0349. The Morgan fingerprint density at radius 2 is 1.83 bits per heavy atom. The molecule has 1 aliphatic heterocycles. The predicted molar refractivity (Wildman–Crippen MR) is 115 cm³/mol. The number of carbonyl (C=O) groups excluding carboxylic acids is 2. The molecule has 2 amide bonds.